The number of benzene rings is 1. The van der Waals surface area contributed by atoms with E-state index in [2.05, 4.69) is 142 Å². The molecule has 3 heterocycles. The zero-order valence-corrected chi connectivity index (χ0v) is 40.2. The van der Waals surface area contributed by atoms with Crippen LogP contribution in [0.25, 0.3) is 0 Å². The molecular weight excluding hydrogens is 703 g/mol. The molecule has 9 radical (unpaired) electrons. The Morgan fingerprint density at radius 2 is 1.14 bits per heavy atom. The highest BCUT2D eigenvalue weighted by molar-refractivity contribution is 7.36. The Morgan fingerprint density at radius 3 is 1.40 bits per heavy atom. The lowest BCUT2D eigenvalue weighted by Gasteiger charge is -2.28. The highest BCUT2D eigenvalue weighted by atomic mass is 32.1. The minimum absolute atomic E-state index is 0. The number of thiophene rings is 1. The van der Waals surface area contributed by atoms with E-state index in [-0.39, 0.29) is 23.7 Å². The van der Waals surface area contributed by atoms with Gasteiger partial charge in [-0.25, -0.2) is 0 Å². The number of hydrogen-bond acceptors (Lipinski definition) is 3. The fourth-order valence-corrected chi connectivity index (χ4v) is 8.77. The van der Waals surface area contributed by atoms with Crippen molar-refractivity contribution in [2.75, 3.05) is 0 Å². The normalized spacial score (nSPS) is 11.3. The van der Waals surface area contributed by atoms with Gasteiger partial charge < -0.3 is 4.42 Å². The number of hydrogen-bond donors (Lipinski definition) is 0. The van der Waals surface area contributed by atoms with Crippen LogP contribution in [0.1, 0.15) is 178 Å². The summed E-state index contributed by atoms with van der Waals surface area (Å²) in [5.74, 6) is 5.20. The Balaban J connectivity index is 0.000000737. The van der Waals surface area contributed by atoms with Crippen molar-refractivity contribution in [3.05, 3.63) is 88.2 Å². The fourth-order valence-electron chi connectivity index (χ4n) is 7.59. The van der Waals surface area contributed by atoms with Gasteiger partial charge in [-0.05, 0) is 143 Å². The van der Waals surface area contributed by atoms with Crippen molar-refractivity contribution in [3.63, 3.8) is 0 Å². The predicted octanol–water partition coefficient (Wildman–Crippen LogP) is 10.1. The summed E-state index contributed by atoms with van der Waals surface area (Å²) in [5, 5.41) is 0. The monoisotopic (exact) mass is 777 g/mol. The van der Waals surface area contributed by atoms with Crippen molar-refractivity contribution >= 4 is 72.6 Å². The lowest BCUT2D eigenvalue weighted by atomic mass is 9.15. The molecule has 0 N–H and O–H groups in total. The Morgan fingerprint density at radius 1 is 0.684 bits per heavy atom. The van der Waals surface area contributed by atoms with Gasteiger partial charge in [-0.1, -0.05) is 95.0 Å². The van der Waals surface area contributed by atoms with Crippen LogP contribution in [0.4, 0.5) is 0 Å². The maximum absolute atomic E-state index is 5.90. The van der Waals surface area contributed by atoms with E-state index < -0.39 is 6.49 Å². The van der Waals surface area contributed by atoms with Crippen molar-refractivity contribution in [2.45, 2.75) is 182 Å². The molecule has 3 aromatic heterocycles. The largest absolute Gasteiger partial charge is 0.464 e. The molecule has 0 atom stereocenters. The summed E-state index contributed by atoms with van der Waals surface area (Å²) in [4.78, 5) is 7.45. The smallest absolute Gasteiger partial charge is 0.140 e. The SMILES string of the molecule is C.C#Cc1c(C)oc(C(C)(C)C)c1C.Cc1c(C)c(C)c(C(C)(C)C)c(C)c1C.Cc1sc(C(C)C)c(C)c1C.[B][B]c1c([B])nc(C(C)(C)C)c(C)c1B([B])[B]. The van der Waals surface area contributed by atoms with Crippen LogP contribution >= 0.6 is 11.3 Å². The Kier molecular flexibility index (Phi) is 20.0. The number of nitrogens with zero attached hydrogens (tertiary/aromatic N) is 1. The number of pyridine rings is 1. The van der Waals surface area contributed by atoms with Crippen LogP contribution in [0.3, 0.4) is 0 Å². The van der Waals surface area contributed by atoms with Gasteiger partial charge in [-0.15, -0.1) is 23.2 Å². The molecule has 0 aliphatic rings. The molecule has 9 heteroatoms. The predicted molar refractivity (Wildman–Crippen MR) is 264 cm³/mol. The molecule has 299 valence electrons. The minimum Gasteiger partial charge on any atom is -0.464 e. The van der Waals surface area contributed by atoms with Crippen LogP contribution in [-0.4, -0.2) is 49.7 Å². The van der Waals surface area contributed by atoms with E-state index in [9.17, 15) is 0 Å². The van der Waals surface area contributed by atoms with E-state index in [4.69, 9.17) is 41.9 Å². The lowest BCUT2D eigenvalue weighted by molar-refractivity contribution is 0.393. The molecule has 0 bridgehead atoms. The Labute approximate surface area is 362 Å². The van der Waals surface area contributed by atoms with Gasteiger partial charge in [0.2, 0.25) is 0 Å². The quantitative estimate of drug-likeness (QED) is 0.153. The summed E-state index contributed by atoms with van der Waals surface area (Å²) in [6, 6.07) is 0. The zero-order valence-electron chi connectivity index (χ0n) is 39.4. The van der Waals surface area contributed by atoms with E-state index in [1.54, 1.807) is 4.88 Å². The third kappa shape index (κ3) is 13.1. The molecule has 0 saturated heterocycles. The molecule has 0 unspecified atom stereocenters. The molecular formula is C48H72B6NOS. The topological polar surface area (TPSA) is 26.0 Å². The highest BCUT2D eigenvalue weighted by Crippen LogP contribution is 2.35. The first kappa shape index (κ1) is 54.3. The van der Waals surface area contributed by atoms with E-state index in [1.807, 2.05) is 32.1 Å². The van der Waals surface area contributed by atoms with Crippen LogP contribution in [0.2, 0.25) is 0 Å². The Hall–Kier alpha value is -2.70. The van der Waals surface area contributed by atoms with Gasteiger partial charge in [0.1, 0.15) is 19.4 Å². The number of aromatic nitrogens is 1. The molecule has 0 spiro atoms. The van der Waals surface area contributed by atoms with Crippen molar-refractivity contribution in [1.82, 2.24) is 4.98 Å². The van der Waals surface area contributed by atoms with E-state index in [0.717, 1.165) is 39.4 Å². The van der Waals surface area contributed by atoms with Crippen molar-refractivity contribution in [2.24, 2.45) is 0 Å². The lowest BCUT2D eigenvalue weighted by Crippen LogP contribution is -2.55. The maximum Gasteiger partial charge on any atom is 0.140 e. The molecule has 1 aromatic carbocycles. The summed E-state index contributed by atoms with van der Waals surface area (Å²) in [7, 11) is 24.5. The van der Waals surface area contributed by atoms with Gasteiger partial charge in [0.05, 0.1) is 19.2 Å². The molecule has 4 aromatic rings. The number of terminal acetylenes is 1. The van der Waals surface area contributed by atoms with E-state index in [1.165, 1.54) is 56.6 Å². The second-order valence-corrected chi connectivity index (χ2v) is 20.1. The highest BCUT2D eigenvalue weighted by Gasteiger charge is 2.25. The molecule has 0 saturated carbocycles. The fraction of sp³-hybridized carbons (Fsp3) is 0.562. The number of furan rings is 1. The van der Waals surface area contributed by atoms with Gasteiger partial charge in [0.25, 0.3) is 0 Å². The van der Waals surface area contributed by atoms with Gasteiger partial charge in [0, 0.05) is 55.1 Å². The van der Waals surface area contributed by atoms with Crippen molar-refractivity contribution in [3.8, 4) is 12.3 Å². The second-order valence-electron chi connectivity index (χ2n) is 18.8. The average Bonchev–Trinajstić information content (AvgIpc) is 3.51. The van der Waals surface area contributed by atoms with Crippen LogP contribution < -0.4 is 16.5 Å². The molecule has 0 amide bonds. The zero-order chi connectivity index (χ0) is 44.2. The van der Waals surface area contributed by atoms with Gasteiger partial charge in [0.15, 0.2) is 0 Å². The van der Waals surface area contributed by atoms with Crippen molar-refractivity contribution in [1.29, 1.82) is 0 Å². The van der Waals surface area contributed by atoms with Crippen LogP contribution in [0.15, 0.2) is 4.42 Å². The molecule has 0 aliphatic carbocycles. The first-order chi connectivity index (χ1) is 25.3. The van der Waals surface area contributed by atoms with Crippen LogP contribution in [0.5, 0.6) is 0 Å². The molecule has 0 aliphatic heterocycles. The van der Waals surface area contributed by atoms with Crippen LogP contribution in [0, 0.1) is 88.5 Å². The first-order valence-corrected chi connectivity index (χ1v) is 20.7. The first-order valence-electron chi connectivity index (χ1n) is 19.9. The average molecular weight is 776 g/mol. The minimum atomic E-state index is -0.615. The summed E-state index contributed by atoms with van der Waals surface area (Å²) in [6.45, 7) is 47.2. The number of rotatable bonds is 3. The molecule has 4 rings (SSSR count). The molecule has 0 fully saturated rings. The second kappa shape index (κ2) is 21.0. The van der Waals surface area contributed by atoms with Gasteiger partial charge in [-0.2, -0.15) is 0 Å². The van der Waals surface area contributed by atoms with Crippen molar-refractivity contribution < 1.29 is 4.42 Å². The standard InChI is InChI=1S/C15H24.C12H16O.C10H12B6N.C10H16S.CH4/c1-9-10(2)12(4)14(15(6,7)8)13(5)11(9)3;1-7-10-8(2)11(12(4,5)6)13-9(10)3;1-5-7(16(13)14)6(15-12)9(11)17-8(5)10(2,3)4;1-6(2)10-8(4)7(3)9(5)11-10;/h1-8H3;1H,2-6H3;1-4H3;6H,1-5H3;1H4. The molecule has 57 heavy (non-hydrogen) atoms. The summed E-state index contributed by atoms with van der Waals surface area (Å²) < 4.78 is 5.66. The number of aryl methyl sites for hydroxylation is 2. The van der Waals surface area contributed by atoms with Gasteiger partial charge >= 0.3 is 0 Å². The molecule has 2 nitrogen and oxygen atoms in total. The Bertz CT molecular complexity index is 1990. The third-order valence-electron chi connectivity index (χ3n) is 10.9. The van der Waals surface area contributed by atoms with Crippen LogP contribution in [-0.2, 0) is 16.2 Å². The van der Waals surface area contributed by atoms with Gasteiger partial charge in [-0.3, -0.25) is 4.98 Å². The van der Waals surface area contributed by atoms with E-state index in [0.29, 0.717) is 17.0 Å². The third-order valence-corrected chi connectivity index (χ3v) is 12.5. The summed E-state index contributed by atoms with van der Waals surface area (Å²) in [5.41, 5.74) is 17.7. The summed E-state index contributed by atoms with van der Waals surface area (Å²) >= 11 is 1.95. The summed E-state index contributed by atoms with van der Waals surface area (Å²) in [6.07, 6.45) is 5.40. The van der Waals surface area contributed by atoms with E-state index >= 15 is 0 Å². The maximum atomic E-state index is 5.90.